The van der Waals surface area contributed by atoms with Crippen molar-refractivity contribution in [3.05, 3.63) is 42.5 Å². The van der Waals surface area contributed by atoms with Gasteiger partial charge in [0.05, 0.1) is 0 Å². The molecule has 0 bridgehead atoms. The van der Waals surface area contributed by atoms with Crippen LogP contribution in [-0.2, 0) is 9.59 Å². The van der Waals surface area contributed by atoms with Crippen LogP contribution in [0.2, 0.25) is 0 Å². The summed E-state index contributed by atoms with van der Waals surface area (Å²) in [7, 11) is 0. The minimum absolute atomic E-state index is 0.156. The van der Waals surface area contributed by atoms with Crippen molar-refractivity contribution in [1.29, 1.82) is 0 Å². The highest BCUT2D eigenvalue weighted by Gasteiger charge is 2.22. The molecular weight excluding hydrogens is 311 g/mol. The van der Waals surface area contributed by atoms with Crippen LogP contribution in [-0.4, -0.2) is 52.7 Å². The van der Waals surface area contributed by atoms with Gasteiger partial charge in [0.1, 0.15) is 23.5 Å². The third-order valence-electron chi connectivity index (χ3n) is 3.95. The zero-order chi connectivity index (χ0) is 17.1. The Morgan fingerprint density at radius 1 is 1.12 bits per heavy atom. The normalized spacial score (nSPS) is 15.2. The molecule has 7 heteroatoms. The molecule has 6 nitrogen and oxygen atoms in total. The maximum absolute atomic E-state index is 13.9. The van der Waals surface area contributed by atoms with Crippen molar-refractivity contribution in [2.75, 3.05) is 31.1 Å². The van der Waals surface area contributed by atoms with Crippen molar-refractivity contribution >= 4 is 28.4 Å². The fourth-order valence-corrected chi connectivity index (χ4v) is 2.72. The highest BCUT2D eigenvalue weighted by atomic mass is 19.1. The molecule has 3 rings (SSSR count). The SMILES string of the molecule is CC(=O)C=CC(=O)N1CCN(c2ncnc3c(F)cccc23)CC1. The first-order valence-corrected chi connectivity index (χ1v) is 7.68. The second-order valence-corrected chi connectivity index (χ2v) is 5.59. The molecule has 2 aromatic rings. The number of aromatic nitrogens is 2. The molecular formula is C17H17FN4O2. The van der Waals surface area contributed by atoms with Crippen LogP contribution in [0, 0.1) is 5.82 Å². The van der Waals surface area contributed by atoms with Gasteiger partial charge in [-0.3, -0.25) is 9.59 Å². The van der Waals surface area contributed by atoms with Crippen LogP contribution in [0.15, 0.2) is 36.7 Å². The molecule has 1 aliphatic rings. The highest BCUT2D eigenvalue weighted by molar-refractivity contribution is 5.96. The van der Waals surface area contributed by atoms with Crippen molar-refractivity contribution in [3.8, 4) is 0 Å². The summed E-state index contributed by atoms with van der Waals surface area (Å²) in [6.45, 7) is 3.61. The van der Waals surface area contributed by atoms with Gasteiger partial charge < -0.3 is 9.80 Å². The summed E-state index contributed by atoms with van der Waals surface area (Å²) >= 11 is 0. The van der Waals surface area contributed by atoms with Gasteiger partial charge in [-0.05, 0) is 25.1 Å². The molecule has 0 N–H and O–H groups in total. The summed E-state index contributed by atoms with van der Waals surface area (Å²) in [5.74, 6) is -0.0369. The number of anilines is 1. The van der Waals surface area contributed by atoms with E-state index in [0.29, 0.717) is 42.9 Å². The van der Waals surface area contributed by atoms with E-state index in [1.54, 1.807) is 17.0 Å². The Kier molecular flexibility index (Phi) is 4.50. The number of hydrogen-bond donors (Lipinski definition) is 0. The minimum atomic E-state index is -0.376. The summed E-state index contributed by atoms with van der Waals surface area (Å²) < 4.78 is 13.9. The number of allylic oxidation sites excluding steroid dienone is 1. The van der Waals surface area contributed by atoms with Gasteiger partial charge in [0.25, 0.3) is 0 Å². The van der Waals surface area contributed by atoms with Gasteiger partial charge in [-0.15, -0.1) is 0 Å². The number of piperazine rings is 1. The molecule has 0 saturated carbocycles. The van der Waals surface area contributed by atoms with Crippen molar-refractivity contribution in [2.45, 2.75) is 6.92 Å². The van der Waals surface area contributed by atoms with Gasteiger partial charge in [0.15, 0.2) is 5.78 Å². The molecule has 0 spiro atoms. The Hall–Kier alpha value is -2.83. The van der Waals surface area contributed by atoms with E-state index in [2.05, 4.69) is 9.97 Å². The number of amides is 1. The average molecular weight is 328 g/mol. The zero-order valence-electron chi connectivity index (χ0n) is 13.3. The summed E-state index contributed by atoms with van der Waals surface area (Å²) in [5.41, 5.74) is 0.297. The number of benzene rings is 1. The number of hydrogen-bond acceptors (Lipinski definition) is 5. The Morgan fingerprint density at radius 3 is 2.58 bits per heavy atom. The maximum Gasteiger partial charge on any atom is 0.246 e. The van der Waals surface area contributed by atoms with E-state index in [4.69, 9.17) is 0 Å². The number of rotatable bonds is 3. The van der Waals surface area contributed by atoms with Crippen LogP contribution in [0.3, 0.4) is 0 Å². The molecule has 0 aliphatic carbocycles. The second-order valence-electron chi connectivity index (χ2n) is 5.59. The Bertz CT molecular complexity index is 813. The molecule has 1 fully saturated rings. The lowest BCUT2D eigenvalue weighted by Crippen LogP contribution is -2.48. The number of fused-ring (bicyclic) bond motifs is 1. The molecule has 1 saturated heterocycles. The van der Waals surface area contributed by atoms with Crippen molar-refractivity contribution < 1.29 is 14.0 Å². The quantitative estimate of drug-likeness (QED) is 0.800. The smallest absolute Gasteiger partial charge is 0.246 e. The lowest BCUT2D eigenvalue weighted by molar-refractivity contribution is -0.126. The molecule has 1 aliphatic heterocycles. The molecule has 0 atom stereocenters. The third kappa shape index (κ3) is 3.24. The zero-order valence-corrected chi connectivity index (χ0v) is 13.3. The number of nitrogens with zero attached hydrogens (tertiary/aromatic N) is 4. The Morgan fingerprint density at radius 2 is 1.88 bits per heavy atom. The van der Waals surface area contributed by atoms with E-state index in [0.717, 1.165) is 0 Å². The minimum Gasteiger partial charge on any atom is -0.352 e. The molecule has 1 amide bonds. The van der Waals surface area contributed by atoms with Crippen LogP contribution in [0.5, 0.6) is 0 Å². The van der Waals surface area contributed by atoms with Crippen LogP contribution < -0.4 is 4.90 Å². The molecule has 2 heterocycles. The van der Waals surface area contributed by atoms with Gasteiger partial charge in [0.2, 0.25) is 5.91 Å². The van der Waals surface area contributed by atoms with E-state index in [-0.39, 0.29) is 17.5 Å². The van der Waals surface area contributed by atoms with Crippen LogP contribution in [0.4, 0.5) is 10.2 Å². The van der Waals surface area contributed by atoms with Gasteiger partial charge in [-0.1, -0.05) is 6.07 Å². The molecule has 24 heavy (non-hydrogen) atoms. The fraction of sp³-hybridized carbons (Fsp3) is 0.294. The van der Waals surface area contributed by atoms with Crippen LogP contribution in [0.1, 0.15) is 6.92 Å². The first kappa shape index (κ1) is 16.0. The van der Waals surface area contributed by atoms with E-state index in [1.165, 1.54) is 31.5 Å². The van der Waals surface area contributed by atoms with Gasteiger partial charge >= 0.3 is 0 Å². The number of halogens is 1. The predicted molar refractivity (Wildman–Crippen MR) is 88.1 cm³/mol. The van der Waals surface area contributed by atoms with Gasteiger partial charge in [-0.2, -0.15) is 0 Å². The largest absolute Gasteiger partial charge is 0.352 e. The highest BCUT2D eigenvalue weighted by Crippen LogP contribution is 2.25. The number of carbonyl (C=O) groups is 2. The van der Waals surface area contributed by atoms with Crippen molar-refractivity contribution in [1.82, 2.24) is 14.9 Å². The summed E-state index contributed by atoms with van der Waals surface area (Å²) in [4.78, 5) is 34.9. The van der Waals surface area contributed by atoms with E-state index >= 15 is 0 Å². The number of ketones is 1. The molecule has 124 valence electrons. The van der Waals surface area contributed by atoms with Gasteiger partial charge in [0, 0.05) is 37.6 Å². The molecule has 1 aromatic carbocycles. The first-order chi connectivity index (χ1) is 11.6. The average Bonchev–Trinajstić information content (AvgIpc) is 2.60. The standard InChI is InChI=1S/C17H17FN4O2/c1-12(23)5-6-15(24)21-7-9-22(10-8-21)17-13-3-2-4-14(18)16(13)19-11-20-17/h2-6,11H,7-10H2,1H3. The number of para-hydroxylation sites is 1. The van der Waals surface area contributed by atoms with E-state index < -0.39 is 0 Å². The van der Waals surface area contributed by atoms with Gasteiger partial charge in [-0.25, -0.2) is 14.4 Å². The van der Waals surface area contributed by atoms with Crippen molar-refractivity contribution in [2.24, 2.45) is 0 Å². The summed E-state index contributed by atoms with van der Waals surface area (Å²) in [6, 6.07) is 4.80. The second kappa shape index (κ2) is 6.74. The lowest BCUT2D eigenvalue weighted by Gasteiger charge is -2.35. The molecule has 0 radical (unpaired) electrons. The Balaban J connectivity index is 1.75. The third-order valence-corrected chi connectivity index (χ3v) is 3.95. The monoisotopic (exact) mass is 328 g/mol. The summed E-state index contributed by atoms with van der Waals surface area (Å²) in [6.07, 6.45) is 3.93. The van der Waals surface area contributed by atoms with E-state index in [1.807, 2.05) is 4.90 Å². The predicted octanol–water partition coefficient (Wildman–Crippen LogP) is 1.56. The van der Waals surface area contributed by atoms with Crippen LogP contribution in [0.25, 0.3) is 10.9 Å². The van der Waals surface area contributed by atoms with E-state index in [9.17, 15) is 14.0 Å². The van der Waals surface area contributed by atoms with Crippen molar-refractivity contribution in [3.63, 3.8) is 0 Å². The maximum atomic E-state index is 13.9. The molecule has 0 unspecified atom stereocenters. The number of carbonyl (C=O) groups excluding carboxylic acids is 2. The first-order valence-electron chi connectivity index (χ1n) is 7.68. The molecule has 1 aromatic heterocycles. The summed E-state index contributed by atoms with van der Waals surface area (Å²) in [5, 5.41) is 0.661. The fourth-order valence-electron chi connectivity index (χ4n) is 2.72. The topological polar surface area (TPSA) is 66.4 Å². The Labute approximate surface area is 138 Å². The lowest BCUT2D eigenvalue weighted by atomic mass is 10.2. The van der Waals surface area contributed by atoms with Crippen LogP contribution >= 0.6 is 0 Å².